The van der Waals surface area contributed by atoms with Gasteiger partial charge in [0.05, 0.1) is 21.3 Å². The van der Waals surface area contributed by atoms with E-state index in [-0.39, 0.29) is 5.69 Å². The molecular weight excluding hydrogens is 310 g/mol. The quantitative estimate of drug-likeness (QED) is 0.814. The monoisotopic (exact) mass is 333 g/mol. The fourth-order valence-corrected chi connectivity index (χ4v) is 1.89. The number of nitrogens with zero attached hydrogens (tertiary/aromatic N) is 2. The topological polar surface area (TPSA) is 82.6 Å². The first-order valence-corrected chi connectivity index (χ1v) is 7.53. The van der Waals surface area contributed by atoms with Crippen molar-refractivity contribution in [3.63, 3.8) is 0 Å². The second-order valence-corrected chi connectivity index (χ2v) is 4.28. The van der Waals surface area contributed by atoms with Gasteiger partial charge < -0.3 is 19.5 Å². The number of ether oxygens (including phenoxy) is 3. The zero-order valence-electron chi connectivity index (χ0n) is 14.6. The molecule has 1 N–H and O–H groups in total. The van der Waals surface area contributed by atoms with Crippen LogP contribution in [0, 0.1) is 0 Å². The number of anilines is 1. The molecule has 2 rings (SSSR count). The van der Waals surface area contributed by atoms with E-state index in [0.29, 0.717) is 23.9 Å². The Morgan fingerprint density at radius 3 is 2.42 bits per heavy atom. The summed E-state index contributed by atoms with van der Waals surface area (Å²) in [5, 5.41) is 3.06. The maximum Gasteiger partial charge on any atom is 0.360 e. The Hall–Kier alpha value is -2.83. The Morgan fingerprint density at radius 1 is 1.08 bits per heavy atom. The van der Waals surface area contributed by atoms with Crippen LogP contribution >= 0.6 is 0 Å². The van der Waals surface area contributed by atoms with Crippen molar-refractivity contribution in [2.24, 2.45) is 0 Å². The highest BCUT2D eigenvalue weighted by molar-refractivity contribution is 5.92. The molecule has 0 amide bonds. The Labute approximate surface area is 142 Å². The Morgan fingerprint density at radius 2 is 1.79 bits per heavy atom. The second-order valence-electron chi connectivity index (χ2n) is 4.28. The van der Waals surface area contributed by atoms with Gasteiger partial charge in [-0.25, -0.2) is 14.8 Å². The molecule has 1 aromatic carbocycles. The molecule has 7 nitrogen and oxygen atoms in total. The third-order valence-corrected chi connectivity index (χ3v) is 3.02. The largest absolute Gasteiger partial charge is 0.497 e. The van der Waals surface area contributed by atoms with Gasteiger partial charge in [0, 0.05) is 30.6 Å². The molecule has 2 aromatic rings. The van der Waals surface area contributed by atoms with E-state index in [2.05, 4.69) is 20.0 Å². The van der Waals surface area contributed by atoms with Gasteiger partial charge in [-0.3, -0.25) is 0 Å². The fourth-order valence-electron chi connectivity index (χ4n) is 1.89. The second kappa shape index (κ2) is 10.0. The molecule has 0 fully saturated rings. The van der Waals surface area contributed by atoms with Gasteiger partial charge in [0.1, 0.15) is 11.5 Å². The van der Waals surface area contributed by atoms with Gasteiger partial charge in [-0.05, 0) is 12.1 Å². The van der Waals surface area contributed by atoms with Crippen LogP contribution in [0.5, 0.6) is 11.5 Å². The number of esters is 1. The Balaban J connectivity index is 0.00000139. The standard InChI is InChI=1S/C15H17N3O4.C2H6/c1-20-11-5-4-10(12(8-11)21-2)9-18-14-13(15(19)22-3)16-6-7-17-14;1-2/h4-8H,9H2,1-3H3,(H,17,18);1-2H3. The van der Waals surface area contributed by atoms with Crippen LogP contribution in [-0.2, 0) is 11.3 Å². The van der Waals surface area contributed by atoms with E-state index in [9.17, 15) is 4.79 Å². The molecule has 0 aliphatic rings. The zero-order valence-corrected chi connectivity index (χ0v) is 14.6. The average molecular weight is 333 g/mol. The lowest BCUT2D eigenvalue weighted by molar-refractivity contribution is 0.0594. The number of benzene rings is 1. The summed E-state index contributed by atoms with van der Waals surface area (Å²) < 4.78 is 15.2. The first-order valence-electron chi connectivity index (χ1n) is 7.53. The van der Waals surface area contributed by atoms with Crippen LogP contribution in [0.1, 0.15) is 29.9 Å². The molecule has 1 aromatic heterocycles. The number of hydrogen-bond donors (Lipinski definition) is 1. The van der Waals surface area contributed by atoms with Crippen molar-refractivity contribution in [3.05, 3.63) is 41.9 Å². The minimum atomic E-state index is -0.544. The molecule has 1 heterocycles. The van der Waals surface area contributed by atoms with Gasteiger partial charge in [-0.2, -0.15) is 0 Å². The third kappa shape index (κ3) is 4.84. The molecule has 24 heavy (non-hydrogen) atoms. The Bertz CT molecular complexity index is 662. The van der Waals surface area contributed by atoms with Crippen molar-refractivity contribution in [2.45, 2.75) is 20.4 Å². The molecule has 0 saturated heterocycles. The molecule has 0 unspecified atom stereocenters. The van der Waals surface area contributed by atoms with Gasteiger partial charge in [0.25, 0.3) is 0 Å². The summed E-state index contributed by atoms with van der Waals surface area (Å²) in [7, 11) is 4.47. The molecule has 0 saturated carbocycles. The zero-order chi connectivity index (χ0) is 17.9. The summed E-state index contributed by atoms with van der Waals surface area (Å²) in [6, 6.07) is 5.49. The predicted molar refractivity (Wildman–Crippen MR) is 91.6 cm³/mol. The molecule has 0 spiro atoms. The summed E-state index contributed by atoms with van der Waals surface area (Å²) in [4.78, 5) is 19.7. The lowest BCUT2D eigenvalue weighted by atomic mass is 10.2. The molecule has 0 aliphatic carbocycles. The summed E-state index contributed by atoms with van der Waals surface area (Å²) in [6.45, 7) is 4.41. The number of hydrogen-bond acceptors (Lipinski definition) is 7. The minimum Gasteiger partial charge on any atom is -0.497 e. The number of aromatic nitrogens is 2. The molecule has 7 heteroatoms. The highest BCUT2D eigenvalue weighted by Gasteiger charge is 2.15. The number of nitrogens with one attached hydrogen (secondary N) is 1. The molecule has 130 valence electrons. The minimum absolute atomic E-state index is 0.137. The summed E-state index contributed by atoms with van der Waals surface area (Å²) in [5.41, 5.74) is 1.03. The van der Waals surface area contributed by atoms with Crippen molar-refractivity contribution in [3.8, 4) is 11.5 Å². The van der Waals surface area contributed by atoms with Crippen molar-refractivity contribution in [1.82, 2.24) is 9.97 Å². The first-order chi connectivity index (χ1) is 11.7. The van der Waals surface area contributed by atoms with Crippen molar-refractivity contribution in [1.29, 1.82) is 0 Å². The van der Waals surface area contributed by atoms with Gasteiger partial charge in [-0.1, -0.05) is 13.8 Å². The highest BCUT2D eigenvalue weighted by atomic mass is 16.5. The molecular formula is C17H23N3O4. The Kier molecular flexibility index (Phi) is 8.04. The first kappa shape index (κ1) is 19.2. The highest BCUT2D eigenvalue weighted by Crippen LogP contribution is 2.25. The summed E-state index contributed by atoms with van der Waals surface area (Å²) in [6.07, 6.45) is 2.94. The molecule has 0 aliphatic heterocycles. The smallest absolute Gasteiger partial charge is 0.360 e. The van der Waals surface area contributed by atoms with Gasteiger partial charge in [0.2, 0.25) is 0 Å². The van der Waals surface area contributed by atoms with Crippen molar-refractivity contribution < 1.29 is 19.0 Å². The molecule has 0 bridgehead atoms. The van der Waals surface area contributed by atoms with E-state index >= 15 is 0 Å². The van der Waals surface area contributed by atoms with Gasteiger partial charge >= 0.3 is 5.97 Å². The van der Waals surface area contributed by atoms with E-state index in [1.807, 2.05) is 26.0 Å². The average Bonchev–Trinajstić information content (AvgIpc) is 2.67. The van der Waals surface area contributed by atoms with Crippen LogP contribution in [-0.4, -0.2) is 37.3 Å². The van der Waals surface area contributed by atoms with Crippen LogP contribution in [0.15, 0.2) is 30.6 Å². The third-order valence-electron chi connectivity index (χ3n) is 3.02. The molecule has 0 atom stereocenters. The van der Waals surface area contributed by atoms with E-state index in [1.165, 1.54) is 19.5 Å². The van der Waals surface area contributed by atoms with Crippen molar-refractivity contribution in [2.75, 3.05) is 26.6 Å². The number of methoxy groups -OCH3 is 3. The maximum atomic E-state index is 11.6. The number of carbonyl (C=O) groups is 1. The van der Waals surface area contributed by atoms with Crippen LogP contribution in [0.3, 0.4) is 0 Å². The normalized spacial score (nSPS) is 9.38. The lowest BCUT2D eigenvalue weighted by Crippen LogP contribution is -2.12. The van der Waals surface area contributed by atoms with E-state index in [0.717, 1.165) is 5.56 Å². The SMILES string of the molecule is CC.COC(=O)c1nccnc1NCc1ccc(OC)cc1OC. The van der Waals surface area contributed by atoms with Crippen LogP contribution in [0.25, 0.3) is 0 Å². The molecule has 0 radical (unpaired) electrons. The van der Waals surface area contributed by atoms with E-state index in [1.54, 1.807) is 20.3 Å². The number of carbonyl (C=O) groups excluding carboxylic acids is 1. The summed E-state index contributed by atoms with van der Waals surface area (Å²) >= 11 is 0. The predicted octanol–water partition coefficient (Wildman–Crippen LogP) is 2.92. The van der Waals surface area contributed by atoms with Crippen LogP contribution in [0.2, 0.25) is 0 Å². The van der Waals surface area contributed by atoms with E-state index in [4.69, 9.17) is 9.47 Å². The van der Waals surface area contributed by atoms with Crippen molar-refractivity contribution >= 4 is 11.8 Å². The fraction of sp³-hybridized carbons (Fsp3) is 0.353. The lowest BCUT2D eigenvalue weighted by Gasteiger charge is -2.12. The van der Waals surface area contributed by atoms with Gasteiger partial charge in [-0.15, -0.1) is 0 Å². The number of rotatable bonds is 6. The van der Waals surface area contributed by atoms with E-state index < -0.39 is 5.97 Å². The summed E-state index contributed by atoms with van der Waals surface area (Å²) in [5.74, 6) is 1.19. The maximum absolute atomic E-state index is 11.6. The van der Waals surface area contributed by atoms with Crippen LogP contribution < -0.4 is 14.8 Å². The van der Waals surface area contributed by atoms with Crippen LogP contribution in [0.4, 0.5) is 5.82 Å². The van der Waals surface area contributed by atoms with Gasteiger partial charge in [0.15, 0.2) is 11.5 Å².